The summed E-state index contributed by atoms with van der Waals surface area (Å²) in [5, 5.41) is 0. The lowest BCUT2D eigenvalue weighted by molar-refractivity contribution is 0.303. The third kappa shape index (κ3) is 6.36. The SMILES string of the molecule is CCCN(C)CCC(C)CC. The van der Waals surface area contributed by atoms with E-state index in [4.69, 9.17) is 0 Å². The second-order valence-corrected chi connectivity index (χ2v) is 3.61. The van der Waals surface area contributed by atoms with Crippen molar-refractivity contribution in [2.45, 2.75) is 40.0 Å². The molecule has 0 aliphatic heterocycles. The highest BCUT2D eigenvalue weighted by molar-refractivity contribution is 4.55. The zero-order valence-electron chi connectivity index (χ0n) is 8.56. The highest BCUT2D eigenvalue weighted by Crippen LogP contribution is 2.06. The van der Waals surface area contributed by atoms with Gasteiger partial charge in [-0.3, -0.25) is 0 Å². The molecule has 0 fully saturated rings. The van der Waals surface area contributed by atoms with Gasteiger partial charge in [0.2, 0.25) is 0 Å². The van der Waals surface area contributed by atoms with Crippen molar-refractivity contribution in [2.24, 2.45) is 5.92 Å². The first-order valence-electron chi connectivity index (χ1n) is 4.89. The number of hydrogen-bond acceptors (Lipinski definition) is 1. The van der Waals surface area contributed by atoms with Crippen molar-refractivity contribution in [3.63, 3.8) is 0 Å². The van der Waals surface area contributed by atoms with Crippen LogP contribution in [-0.4, -0.2) is 25.0 Å². The van der Waals surface area contributed by atoms with Crippen molar-refractivity contribution in [3.05, 3.63) is 0 Å². The van der Waals surface area contributed by atoms with Crippen LogP contribution in [0.4, 0.5) is 0 Å². The molecule has 11 heavy (non-hydrogen) atoms. The Labute approximate surface area is 71.8 Å². The molecule has 0 spiro atoms. The van der Waals surface area contributed by atoms with Gasteiger partial charge in [0, 0.05) is 0 Å². The van der Waals surface area contributed by atoms with Gasteiger partial charge in [0.15, 0.2) is 0 Å². The molecule has 0 aromatic heterocycles. The first-order chi connectivity index (χ1) is 5.20. The van der Waals surface area contributed by atoms with E-state index in [2.05, 4.69) is 32.7 Å². The standard InChI is InChI=1S/C10H23N/c1-5-8-11(4)9-7-10(3)6-2/h10H,5-9H2,1-4H3. The first kappa shape index (κ1) is 11.0. The molecule has 0 aromatic carbocycles. The van der Waals surface area contributed by atoms with Crippen molar-refractivity contribution in [2.75, 3.05) is 20.1 Å². The van der Waals surface area contributed by atoms with Gasteiger partial charge >= 0.3 is 0 Å². The summed E-state index contributed by atoms with van der Waals surface area (Å²) in [6, 6.07) is 0. The lowest BCUT2D eigenvalue weighted by atomic mass is 10.1. The van der Waals surface area contributed by atoms with Crippen LogP contribution in [0.3, 0.4) is 0 Å². The number of rotatable bonds is 6. The maximum atomic E-state index is 2.42. The van der Waals surface area contributed by atoms with Crippen LogP contribution in [0.15, 0.2) is 0 Å². The summed E-state index contributed by atoms with van der Waals surface area (Å²) < 4.78 is 0. The molecule has 0 aliphatic rings. The quantitative estimate of drug-likeness (QED) is 0.573. The summed E-state index contributed by atoms with van der Waals surface area (Å²) in [5.41, 5.74) is 0. The van der Waals surface area contributed by atoms with E-state index in [-0.39, 0.29) is 0 Å². The van der Waals surface area contributed by atoms with Crippen molar-refractivity contribution in [3.8, 4) is 0 Å². The van der Waals surface area contributed by atoms with E-state index in [1.807, 2.05) is 0 Å². The molecule has 1 unspecified atom stereocenters. The summed E-state index contributed by atoms with van der Waals surface area (Å²) in [7, 11) is 2.21. The Bertz CT molecular complexity index is 80.9. The predicted molar refractivity (Wildman–Crippen MR) is 51.9 cm³/mol. The summed E-state index contributed by atoms with van der Waals surface area (Å²) in [4.78, 5) is 2.42. The van der Waals surface area contributed by atoms with Gasteiger partial charge in [-0.2, -0.15) is 0 Å². The van der Waals surface area contributed by atoms with E-state index in [1.54, 1.807) is 0 Å². The van der Waals surface area contributed by atoms with E-state index in [1.165, 1.54) is 32.4 Å². The van der Waals surface area contributed by atoms with E-state index < -0.39 is 0 Å². The molecule has 1 atom stereocenters. The molecule has 0 heterocycles. The van der Waals surface area contributed by atoms with Crippen LogP contribution >= 0.6 is 0 Å². The van der Waals surface area contributed by atoms with Crippen LogP contribution in [0.1, 0.15) is 40.0 Å². The molecule has 1 nitrogen and oxygen atoms in total. The van der Waals surface area contributed by atoms with Gasteiger partial charge in [0.05, 0.1) is 0 Å². The Hall–Kier alpha value is -0.0400. The van der Waals surface area contributed by atoms with E-state index in [9.17, 15) is 0 Å². The Kier molecular flexibility index (Phi) is 6.63. The van der Waals surface area contributed by atoms with Gasteiger partial charge in [-0.25, -0.2) is 0 Å². The van der Waals surface area contributed by atoms with Crippen LogP contribution in [-0.2, 0) is 0 Å². The normalized spacial score (nSPS) is 13.9. The van der Waals surface area contributed by atoms with E-state index >= 15 is 0 Å². The molecular weight excluding hydrogens is 134 g/mol. The van der Waals surface area contributed by atoms with Crippen molar-refractivity contribution < 1.29 is 0 Å². The zero-order chi connectivity index (χ0) is 8.69. The molecule has 0 saturated heterocycles. The molecule has 0 amide bonds. The van der Waals surface area contributed by atoms with Gasteiger partial charge in [-0.1, -0.05) is 27.2 Å². The molecule has 0 rings (SSSR count). The fraction of sp³-hybridized carbons (Fsp3) is 1.00. The third-order valence-electron chi connectivity index (χ3n) is 2.31. The average molecular weight is 157 g/mol. The molecule has 0 aromatic rings. The molecule has 68 valence electrons. The fourth-order valence-corrected chi connectivity index (χ4v) is 1.14. The van der Waals surface area contributed by atoms with Gasteiger partial charge in [0.25, 0.3) is 0 Å². The molecule has 0 N–H and O–H groups in total. The Morgan fingerprint density at radius 3 is 2.27 bits per heavy atom. The van der Waals surface area contributed by atoms with E-state index in [0.29, 0.717) is 0 Å². The molecular formula is C10H23N. The summed E-state index contributed by atoms with van der Waals surface area (Å²) >= 11 is 0. The van der Waals surface area contributed by atoms with Crippen LogP contribution in [0.5, 0.6) is 0 Å². The molecule has 0 aliphatic carbocycles. The highest BCUT2D eigenvalue weighted by atomic mass is 15.1. The minimum absolute atomic E-state index is 0.898. The molecule has 0 bridgehead atoms. The van der Waals surface area contributed by atoms with E-state index in [0.717, 1.165) is 5.92 Å². The summed E-state index contributed by atoms with van der Waals surface area (Å²) in [6.45, 7) is 9.35. The average Bonchev–Trinajstić information content (AvgIpc) is 2.01. The summed E-state index contributed by atoms with van der Waals surface area (Å²) in [5.74, 6) is 0.898. The van der Waals surface area contributed by atoms with Crippen LogP contribution in [0.2, 0.25) is 0 Å². The van der Waals surface area contributed by atoms with Gasteiger partial charge in [0.1, 0.15) is 0 Å². The van der Waals surface area contributed by atoms with Crippen LogP contribution in [0.25, 0.3) is 0 Å². The van der Waals surface area contributed by atoms with Gasteiger partial charge in [-0.05, 0) is 38.9 Å². The second-order valence-electron chi connectivity index (χ2n) is 3.61. The minimum atomic E-state index is 0.898. The van der Waals surface area contributed by atoms with Gasteiger partial charge < -0.3 is 4.90 Å². The maximum absolute atomic E-state index is 2.42. The topological polar surface area (TPSA) is 3.24 Å². The minimum Gasteiger partial charge on any atom is -0.306 e. The number of hydrogen-bond donors (Lipinski definition) is 0. The molecule has 1 heteroatoms. The highest BCUT2D eigenvalue weighted by Gasteiger charge is 2.00. The van der Waals surface area contributed by atoms with Crippen LogP contribution in [0, 0.1) is 5.92 Å². The Balaban J connectivity index is 3.22. The first-order valence-corrected chi connectivity index (χ1v) is 4.89. The predicted octanol–water partition coefficient (Wildman–Crippen LogP) is 2.76. The molecule has 0 radical (unpaired) electrons. The van der Waals surface area contributed by atoms with Crippen LogP contribution < -0.4 is 0 Å². The Morgan fingerprint density at radius 1 is 1.18 bits per heavy atom. The fourth-order valence-electron chi connectivity index (χ4n) is 1.14. The largest absolute Gasteiger partial charge is 0.306 e. The van der Waals surface area contributed by atoms with Crippen molar-refractivity contribution >= 4 is 0 Å². The zero-order valence-corrected chi connectivity index (χ0v) is 8.56. The Morgan fingerprint density at radius 2 is 1.82 bits per heavy atom. The van der Waals surface area contributed by atoms with Gasteiger partial charge in [-0.15, -0.1) is 0 Å². The van der Waals surface area contributed by atoms with Crippen molar-refractivity contribution in [1.29, 1.82) is 0 Å². The molecule has 0 saturated carbocycles. The lowest BCUT2D eigenvalue weighted by Gasteiger charge is -2.17. The summed E-state index contributed by atoms with van der Waals surface area (Å²) in [6.07, 6.45) is 3.95. The second kappa shape index (κ2) is 6.66. The maximum Gasteiger partial charge on any atom is -0.00193 e. The van der Waals surface area contributed by atoms with Crippen molar-refractivity contribution in [1.82, 2.24) is 4.90 Å². The monoisotopic (exact) mass is 157 g/mol. The third-order valence-corrected chi connectivity index (χ3v) is 2.31. The smallest absolute Gasteiger partial charge is 0.00193 e. The lowest BCUT2D eigenvalue weighted by Crippen LogP contribution is -2.21. The number of nitrogens with zero attached hydrogens (tertiary/aromatic N) is 1.